The fraction of sp³-hybridized carbons (Fsp3) is 0.692. The molecule has 5 heteroatoms. The van der Waals surface area contributed by atoms with Gasteiger partial charge in [-0.05, 0) is 11.4 Å². The molecule has 0 aromatic carbocycles. The Kier molecular flexibility index (Phi) is 12.7. The zero-order valence-corrected chi connectivity index (χ0v) is 24.9. The summed E-state index contributed by atoms with van der Waals surface area (Å²) in [4.78, 5) is 1.16. The van der Waals surface area contributed by atoms with Crippen molar-refractivity contribution in [1.29, 1.82) is 0 Å². The van der Waals surface area contributed by atoms with Gasteiger partial charge in [0.25, 0.3) is 0 Å². The van der Waals surface area contributed by atoms with Crippen LogP contribution < -0.4 is 2.89 Å². The van der Waals surface area contributed by atoms with E-state index in [2.05, 4.69) is 63.5 Å². The standard InChI is InChI=1S/C10H14O2S.C4H3S.3C4H9.Sn/c1-10(2)6-11-9(12-7-10)8-4-3-5-13-8;1-2-4-5-3-1;3*1-3-4-2;/h3-5,9H,6-7H2,1-2H3;1-3H;3*1,3-4H2,2H3;. The summed E-state index contributed by atoms with van der Waals surface area (Å²) in [5, 5.41) is 4.35. The Bertz CT molecular complexity index is 651. The van der Waals surface area contributed by atoms with Gasteiger partial charge in [0, 0.05) is 5.41 Å². The molecule has 0 atom stereocenters. The first kappa shape index (κ1) is 27.4. The topological polar surface area (TPSA) is 18.5 Å². The van der Waals surface area contributed by atoms with Crippen molar-refractivity contribution in [1.82, 2.24) is 0 Å². The van der Waals surface area contributed by atoms with Crippen molar-refractivity contribution in [3.05, 3.63) is 39.9 Å². The number of rotatable bonds is 11. The van der Waals surface area contributed by atoms with Crippen molar-refractivity contribution in [2.45, 2.75) is 92.7 Å². The third-order valence-electron chi connectivity index (χ3n) is 6.10. The van der Waals surface area contributed by atoms with E-state index in [1.807, 2.05) is 20.4 Å². The van der Waals surface area contributed by atoms with Crippen LogP contribution in [0.5, 0.6) is 0 Å². The monoisotopic (exact) mass is 572 g/mol. The van der Waals surface area contributed by atoms with Crippen LogP contribution in [0.1, 0.15) is 84.3 Å². The first-order chi connectivity index (χ1) is 15.0. The molecule has 3 heterocycles. The van der Waals surface area contributed by atoms with Crippen molar-refractivity contribution < 1.29 is 9.47 Å². The molecule has 1 fully saturated rings. The average Bonchev–Trinajstić information content (AvgIpc) is 3.49. The molecule has 1 aliphatic heterocycles. The van der Waals surface area contributed by atoms with E-state index in [1.54, 1.807) is 24.6 Å². The minimum absolute atomic E-state index is 0.131. The molecule has 2 aromatic heterocycles. The van der Waals surface area contributed by atoms with Gasteiger partial charge in [0.1, 0.15) is 0 Å². The minimum atomic E-state index is -2.01. The maximum atomic E-state index is 5.63. The van der Waals surface area contributed by atoms with Gasteiger partial charge in [0.05, 0.1) is 18.1 Å². The fourth-order valence-electron chi connectivity index (χ4n) is 4.15. The number of unbranched alkanes of at least 4 members (excludes halogenated alkanes) is 3. The van der Waals surface area contributed by atoms with Gasteiger partial charge in [-0.3, -0.25) is 0 Å². The molecule has 0 N–H and O–H groups in total. The van der Waals surface area contributed by atoms with E-state index in [9.17, 15) is 0 Å². The first-order valence-corrected chi connectivity index (χ1v) is 21.5. The summed E-state index contributed by atoms with van der Waals surface area (Å²) in [6, 6.07) is 8.83. The normalized spacial score (nSPS) is 16.7. The third kappa shape index (κ3) is 9.11. The van der Waals surface area contributed by atoms with Crippen molar-refractivity contribution >= 4 is 43.9 Å². The first-order valence-electron chi connectivity index (χ1n) is 12.3. The quantitative estimate of drug-likeness (QED) is 0.252. The van der Waals surface area contributed by atoms with Crippen molar-refractivity contribution in [2.24, 2.45) is 5.41 Å². The molecule has 1 aliphatic rings. The van der Waals surface area contributed by atoms with E-state index in [-0.39, 0.29) is 11.7 Å². The van der Waals surface area contributed by atoms with Gasteiger partial charge in [-0.15, -0.1) is 11.3 Å². The number of thiophene rings is 2. The van der Waals surface area contributed by atoms with Crippen LogP contribution >= 0.6 is 22.7 Å². The van der Waals surface area contributed by atoms with Gasteiger partial charge in [0.15, 0.2) is 6.29 Å². The molecule has 0 bridgehead atoms. The van der Waals surface area contributed by atoms with Crippen LogP contribution in [-0.2, 0) is 9.47 Å². The molecule has 1 saturated heterocycles. The van der Waals surface area contributed by atoms with Crippen LogP contribution in [0.2, 0.25) is 13.3 Å². The summed E-state index contributed by atoms with van der Waals surface area (Å²) >= 11 is 1.74. The second-order valence-corrected chi connectivity index (χ2v) is 25.8. The summed E-state index contributed by atoms with van der Waals surface area (Å²) in [7, 11) is 0. The Morgan fingerprint density at radius 1 is 0.839 bits per heavy atom. The van der Waals surface area contributed by atoms with Crippen LogP contribution in [0.25, 0.3) is 0 Å². The molecule has 0 amide bonds. The molecular formula is C26H44O2S2Sn. The second kappa shape index (κ2) is 14.4. The molecule has 3 rings (SSSR count). The number of hydrogen-bond acceptors (Lipinski definition) is 4. The van der Waals surface area contributed by atoms with Crippen LogP contribution in [0.15, 0.2) is 35.0 Å². The van der Waals surface area contributed by atoms with Gasteiger partial charge in [-0.2, -0.15) is 0 Å². The Labute approximate surface area is 203 Å². The van der Waals surface area contributed by atoms with Crippen molar-refractivity contribution in [2.75, 3.05) is 13.2 Å². The molecule has 0 unspecified atom stereocenters. The predicted octanol–water partition coefficient (Wildman–Crippen LogP) is 8.62. The van der Waals surface area contributed by atoms with E-state index in [4.69, 9.17) is 9.47 Å². The van der Waals surface area contributed by atoms with Gasteiger partial charge in [0.2, 0.25) is 0 Å². The molecule has 0 saturated carbocycles. The second-order valence-electron chi connectivity index (χ2n) is 9.70. The predicted molar refractivity (Wildman–Crippen MR) is 142 cm³/mol. The molecular weight excluding hydrogens is 527 g/mol. The zero-order valence-electron chi connectivity index (χ0n) is 20.5. The van der Waals surface area contributed by atoms with E-state index in [0.29, 0.717) is 0 Å². The summed E-state index contributed by atoms with van der Waals surface area (Å²) in [5.41, 5.74) is 0.160. The van der Waals surface area contributed by atoms with Gasteiger partial charge < -0.3 is 9.47 Å². The van der Waals surface area contributed by atoms with E-state index >= 15 is 0 Å². The molecule has 0 radical (unpaired) electrons. The summed E-state index contributed by atoms with van der Waals surface area (Å²) in [5.74, 6) is 0. The van der Waals surface area contributed by atoms with Crippen molar-refractivity contribution in [3.63, 3.8) is 0 Å². The number of ether oxygens (including phenoxy) is 2. The van der Waals surface area contributed by atoms with E-state index < -0.39 is 18.4 Å². The summed E-state index contributed by atoms with van der Waals surface area (Å²) in [6.45, 7) is 12.9. The Morgan fingerprint density at radius 2 is 1.35 bits per heavy atom. The Balaban J connectivity index is 0.000000231. The summed E-state index contributed by atoms with van der Waals surface area (Å²) in [6.07, 6.45) is 8.42. The Morgan fingerprint density at radius 3 is 1.77 bits per heavy atom. The average molecular weight is 571 g/mol. The molecule has 176 valence electrons. The third-order valence-corrected chi connectivity index (χ3v) is 26.3. The van der Waals surface area contributed by atoms with Gasteiger partial charge in [-0.1, -0.05) is 19.9 Å². The molecule has 0 aliphatic carbocycles. The molecule has 31 heavy (non-hydrogen) atoms. The zero-order chi connectivity index (χ0) is 22.6. The SMILES string of the molecule is CC1(C)COC(c2cccs2)OC1.CCC[CH2][Sn]([CH2]CCC)([CH2]CCC)[c]1cccs1. The Hall–Kier alpha value is 0.119. The van der Waals surface area contributed by atoms with E-state index in [1.165, 1.54) is 38.5 Å². The van der Waals surface area contributed by atoms with Gasteiger partial charge >= 0.3 is 123 Å². The maximum absolute atomic E-state index is 5.63. The van der Waals surface area contributed by atoms with Crippen LogP contribution in [0, 0.1) is 5.41 Å². The number of hydrogen-bond donors (Lipinski definition) is 0. The molecule has 0 spiro atoms. The summed E-state index contributed by atoms with van der Waals surface area (Å²) < 4.78 is 17.9. The van der Waals surface area contributed by atoms with Crippen LogP contribution in [0.4, 0.5) is 0 Å². The molecule has 2 nitrogen and oxygen atoms in total. The van der Waals surface area contributed by atoms with E-state index in [0.717, 1.165) is 18.1 Å². The van der Waals surface area contributed by atoms with Crippen LogP contribution in [-0.4, -0.2) is 31.6 Å². The van der Waals surface area contributed by atoms with Crippen molar-refractivity contribution in [3.8, 4) is 0 Å². The van der Waals surface area contributed by atoms with Crippen LogP contribution in [0.3, 0.4) is 0 Å². The fourth-order valence-corrected chi connectivity index (χ4v) is 24.7. The van der Waals surface area contributed by atoms with Gasteiger partial charge in [-0.25, -0.2) is 0 Å². The molecule has 2 aromatic rings.